The number of carbonyl (C=O) groups excluding carboxylic acids is 2. The maximum absolute atomic E-state index is 12.7. The van der Waals surface area contributed by atoms with Crippen LogP contribution in [-0.2, 0) is 16.1 Å². The smallest absolute Gasteiger partial charge is 0.338 e. The molecule has 0 bridgehead atoms. The second kappa shape index (κ2) is 9.27. The molecule has 1 aliphatic rings. The quantitative estimate of drug-likeness (QED) is 0.379. The molecular weight excluding hydrogens is 436 g/mol. The van der Waals surface area contributed by atoms with Crippen molar-refractivity contribution in [3.8, 4) is 22.8 Å². The van der Waals surface area contributed by atoms with Crippen molar-refractivity contribution in [2.75, 3.05) is 19.9 Å². The summed E-state index contributed by atoms with van der Waals surface area (Å²) in [5.74, 6) is 1.04. The molecule has 1 aromatic heterocycles. The molecule has 0 saturated carbocycles. The van der Waals surface area contributed by atoms with E-state index in [2.05, 4.69) is 5.16 Å². The molecule has 5 rings (SSSR count). The van der Waals surface area contributed by atoms with Crippen LogP contribution >= 0.6 is 0 Å². The normalized spacial score (nSPS) is 12.0. The molecule has 0 fully saturated rings. The monoisotopic (exact) mass is 458 g/mol. The van der Waals surface area contributed by atoms with E-state index in [9.17, 15) is 9.59 Å². The van der Waals surface area contributed by atoms with Gasteiger partial charge in [-0.05, 0) is 42.8 Å². The zero-order valence-electron chi connectivity index (χ0n) is 18.5. The first-order chi connectivity index (χ1) is 16.6. The van der Waals surface area contributed by atoms with Crippen LogP contribution in [0.3, 0.4) is 0 Å². The first-order valence-corrected chi connectivity index (χ1v) is 10.9. The van der Waals surface area contributed by atoms with Crippen LogP contribution < -0.4 is 9.47 Å². The number of carbonyl (C=O) groups is 2. The topological polar surface area (TPSA) is 91.1 Å². The number of likely N-dealkylation sites (N-methyl/N-ethyl adjacent to an activating group) is 1. The van der Waals surface area contributed by atoms with Crippen LogP contribution in [0.2, 0.25) is 0 Å². The molecule has 2 heterocycles. The molecule has 0 N–H and O–H groups in total. The highest BCUT2D eigenvalue weighted by Gasteiger charge is 2.19. The fraction of sp³-hybridized carbons (Fsp3) is 0.192. The molecule has 0 unspecified atom stereocenters. The van der Waals surface area contributed by atoms with E-state index in [1.54, 1.807) is 23.1 Å². The third-order valence-electron chi connectivity index (χ3n) is 5.62. The van der Waals surface area contributed by atoms with Crippen LogP contribution in [0, 0.1) is 0 Å². The Morgan fingerprint density at radius 3 is 2.65 bits per heavy atom. The first kappa shape index (κ1) is 21.5. The van der Waals surface area contributed by atoms with Crippen LogP contribution in [0.5, 0.6) is 11.5 Å². The van der Waals surface area contributed by atoms with Gasteiger partial charge in [0.15, 0.2) is 23.9 Å². The Balaban J connectivity index is 1.25. The number of hydrogen-bond donors (Lipinski definition) is 0. The predicted molar refractivity (Wildman–Crippen MR) is 123 cm³/mol. The highest BCUT2D eigenvalue weighted by atomic mass is 16.7. The minimum Gasteiger partial charge on any atom is -0.454 e. The van der Waals surface area contributed by atoms with Gasteiger partial charge in [0, 0.05) is 18.7 Å². The number of ether oxygens (including phenoxy) is 3. The second-order valence-corrected chi connectivity index (χ2v) is 7.78. The molecule has 8 heteroatoms. The summed E-state index contributed by atoms with van der Waals surface area (Å²) in [6.07, 6.45) is 0. The maximum Gasteiger partial charge on any atom is 0.338 e. The third-order valence-corrected chi connectivity index (χ3v) is 5.62. The fourth-order valence-electron chi connectivity index (χ4n) is 3.80. The number of rotatable bonds is 7. The number of benzene rings is 3. The zero-order chi connectivity index (χ0) is 23.5. The van der Waals surface area contributed by atoms with E-state index in [1.807, 2.05) is 55.5 Å². The molecule has 0 spiro atoms. The van der Waals surface area contributed by atoms with Gasteiger partial charge in [0.05, 0.1) is 10.9 Å². The van der Waals surface area contributed by atoms with Crippen molar-refractivity contribution < 1.29 is 28.3 Å². The molecule has 3 aromatic carbocycles. The number of hydrogen-bond acceptors (Lipinski definition) is 7. The number of esters is 1. The van der Waals surface area contributed by atoms with Crippen LogP contribution in [0.15, 0.2) is 71.3 Å². The highest BCUT2D eigenvalue weighted by Crippen LogP contribution is 2.33. The molecule has 8 nitrogen and oxygen atoms in total. The number of aromatic nitrogens is 1. The Bertz CT molecular complexity index is 1350. The number of fused-ring (bicyclic) bond motifs is 2. The molecule has 34 heavy (non-hydrogen) atoms. The summed E-state index contributed by atoms with van der Waals surface area (Å²) in [7, 11) is 0. The van der Waals surface area contributed by atoms with E-state index < -0.39 is 5.97 Å². The van der Waals surface area contributed by atoms with Crippen molar-refractivity contribution in [1.29, 1.82) is 0 Å². The van der Waals surface area contributed by atoms with Gasteiger partial charge in [-0.2, -0.15) is 0 Å². The van der Waals surface area contributed by atoms with Crippen molar-refractivity contribution >= 4 is 22.8 Å². The summed E-state index contributed by atoms with van der Waals surface area (Å²) in [5.41, 5.74) is 2.71. The SMILES string of the molecule is CCN(Cc1ccc2c(c1)OCO2)C(=O)COC(=O)c1ccc2noc(-c3ccccc3)c2c1. The average molecular weight is 458 g/mol. The first-order valence-electron chi connectivity index (χ1n) is 10.9. The number of nitrogens with zero attached hydrogens (tertiary/aromatic N) is 2. The Hall–Kier alpha value is -4.33. The van der Waals surface area contributed by atoms with Gasteiger partial charge in [0.1, 0.15) is 5.52 Å². The van der Waals surface area contributed by atoms with Gasteiger partial charge in [-0.15, -0.1) is 0 Å². The van der Waals surface area contributed by atoms with E-state index in [1.165, 1.54) is 0 Å². The van der Waals surface area contributed by atoms with Crippen molar-refractivity contribution in [3.05, 3.63) is 77.9 Å². The van der Waals surface area contributed by atoms with E-state index >= 15 is 0 Å². The van der Waals surface area contributed by atoms with E-state index in [0.717, 1.165) is 11.1 Å². The van der Waals surface area contributed by atoms with Crippen LogP contribution in [0.4, 0.5) is 0 Å². The van der Waals surface area contributed by atoms with Crippen LogP contribution in [-0.4, -0.2) is 41.9 Å². The Kier molecular flexibility index (Phi) is 5.86. The van der Waals surface area contributed by atoms with Crippen molar-refractivity contribution in [2.45, 2.75) is 13.5 Å². The lowest BCUT2D eigenvalue weighted by atomic mass is 10.1. The van der Waals surface area contributed by atoms with Crippen LogP contribution in [0.1, 0.15) is 22.8 Å². The molecule has 0 radical (unpaired) electrons. The van der Waals surface area contributed by atoms with Gasteiger partial charge in [-0.25, -0.2) is 4.79 Å². The van der Waals surface area contributed by atoms with Crippen molar-refractivity contribution in [1.82, 2.24) is 10.1 Å². The summed E-state index contributed by atoms with van der Waals surface area (Å²) in [5, 5.41) is 4.76. The second-order valence-electron chi connectivity index (χ2n) is 7.78. The Morgan fingerprint density at radius 2 is 1.82 bits per heavy atom. The minimum absolute atomic E-state index is 0.193. The van der Waals surface area contributed by atoms with Gasteiger partial charge < -0.3 is 23.6 Å². The van der Waals surface area contributed by atoms with Gasteiger partial charge in [0.25, 0.3) is 5.91 Å². The van der Waals surface area contributed by atoms with Crippen molar-refractivity contribution in [2.24, 2.45) is 0 Å². The van der Waals surface area contributed by atoms with Gasteiger partial charge in [0.2, 0.25) is 6.79 Å². The third kappa shape index (κ3) is 4.30. The number of amides is 1. The molecular formula is C26H22N2O6. The fourth-order valence-corrected chi connectivity index (χ4v) is 3.80. The lowest BCUT2D eigenvalue weighted by Gasteiger charge is -2.21. The standard InChI is InChI=1S/C26H22N2O6/c1-2-28(14-17-8-11-22-23(12-17)33-16-32-22)24(29)15-31-26(30)19-9-10-21-20(13-19)25(34-27-21)18-6-4-3-5-7-18/h3-13H,2,14-16H2,1H3. The molecule has 1 amide bonds. The largest absolute Gasteiger partial charge is 0.454 e. The molecule has 1 aliphatic heterocycles. The van der Waals surface area contributed by atoms with E-state index in [-0.39, 0.29) is 19.3 Å². The molecule has 172 valence electrons. The summed E-state index contributed by atoms with van der Waals surface area (Å²) >= 11 is 0. The van der Waals surface area contributed by atoms with Gasteiger partial charge >= 0.3 is 5.97 Å². The lowest BCUT2D eigenvalue weighted by Crippen LogP contribution is -2.34. The Morgan fingerprint density at radius 1 is 1.00 bits per heavy atom. The van der Waals surface area contributed by atoms with Crippen LogP contribution in [0.25, 0.3) is 22.2 Å². The summed E-state index contributed by atoms with van der Waals surface area (Å²) in [6.45, 7) is 2.55. The molecule has 4 aromatic rings. The average Bonchev–Trinajstić information content (AvgIpc) is 3.52. The van der Waals surface area contributed by atoms with Gasteiger partial charge in [-0.3, -0.25) is 4.79 Å². The van der Waals surface area contributed by atoms with E-state index in [0.29, 0.717) is 46.8 Å². The molecule has 0 aliphatic carbocycles. The summed E-state index contributed by atoms with van der Waals surface area (Å²) < 4.78 is 21.5. The zero-order valence-corrected chi connectivity index (χ0v) is 18.5. The summed E-state index contributed by atoms with van der Waals surface area (Å²) in [6, 6.07) is 20.0. The summed E-state index contributed by atoms with van der Waals surface area (Å²) in [4.78, 5) is 27.0. The minimum atomic E-state index is -0.588. The van der Waals surface area contributed by atoms with Crippen molar-refractivity contribution in [3.63, 3.8) is 0 Å². The lowest BCUT2D eigenvalue weighted by molar-refractivity contribution is -0.134. The highest BCUT2D eigenvalue weighted by molar-refractivity contribution is 5.99. The maximum atomic E-state index is 12.7. The van der Waals surface area contributed by atoms with E-state index in [4.69, 9.17) is 18.7 Å². The predicted octanol–water partition coefficient (Wildman–Crippen LogP) is 4.43. The van der Waals surface area contributed by atoms with Gasteiger partial charge in [-0.1, -0.05) is 41.6 Å². The Labute approximate surface area is 195 Å². The molecule has 0 saturated heterocycles. The molecule has 0 atom stereocenters.